The normalized spacial score (nSPS) is 51.4. The molecule has 6 unspecified atom stereocenters. The highest BCUT2D eigenvalue weighted by Gasteiger charge is 2.56. The van der Waals surface area contributed by atoms with Gasteiger partial charge < -0.3 is 14.2 Å². The van der Waals surface area contributed by atoms with Gasteiger partial charge in [-0.1, -0.05) is 20.3 Å². The predicted octanol–water partition coefficient (Wildman–Crippen LogP) is 2.28. The van der Waals surface area contributed by atoms with Crippen LogP contribution in [0.3, 0.4) is 0 Å². The fourth-order valence-corrected chi connectivity index (χ4v) is 2.93. The van der Waals surface area contributed by atoms with E-state index in [-0.39, 0.29) is 0 Å². The minimum absolute atomic E-state index is 0.387. The van der Waals surface area contributed by atoms with Gasteiger partial charge >= 0.3 is 0 Å². The van der Waals surface area contributed by atoms with E-state index in [1.807, 2.05) is 0 Å². The first kappa shape index (κ1) is 11.0. The van der Waals surface area contributed by atoms with Crippen LogP contribution in [0.25, 0.3) is 0 Å². The van der Waals surface area contributed by atoms with E-state index in [1.54, 1.807) is 0 Å². The average Bonchev–Trinajstić information content (AvgIpc) is 3.16. The Kier molecular flexibility index (Phi) is 2.94. The molecule has 0 N–H and O–H groups in total. The summed E-state index contributed by atoms with van der Waals surface area (Å²) in [5.74, 6) is 0. The van der Waals surface area contributed by atoms with Gasteiger partial charge in [-0.15, -0.1) is 0 Å². The third kappa shape index (κ3) is 2.01. The van der Waals surface area contributed by atoms with Crippen LogP contribution in [0.1, 0.15) is 46.0 Å². The molecule has 4 aliphatic rings. The molecule has 0 aromatic carbocycles. The second-order valence-electron chi connectivity index (χ2n) is 5.35. The summed E-state index contributed by atoms with van der Waals surface area (Å²) in [5, 5.41) is 0. The maximum atomic E-state index is 6.03. The Morgan fingerprint density at radius 1 is 0.875 bits per heavy atom. The fourth-order valence-electron chi connectivity index (χ4n) is 2.93. The van der Waals surface area contributed by atoms with Crippen molar-refractivity contribution >= 4 is 0 Å². The Hall–Kier alpha value is -0.120. The molecule has 92 valence electrons. The molecular formula is C13H22O3. The monoisotopic (exact) mass is 226 g/mol. The maximum absolute atomic E-state index is 6.03. The quantitative estimate of drug-likeness (QED) is 0.677. The van der Waals surface area contributed by atoms with Crippen LogP contribution in [-0.4, -0.2) is 36.6 Å². The lowest BCUT2D eigenvalue weighted by Gasteiger charge is -2.18. The van der Waals surface area contributed by atoms with Crippen LogP contribution in [0, 0.1) is 0 Å². The van der Waals surface area contributed by atoms with Gasteiger partial charge in [0, 0.05) is 0 Å². The van der Waals surface area contributed by atoms with Crippen LogP contribution in [0.5, 0.6) is 0 Å². The van der Waals surface area contributed by atoms with Crippen LogP contribution in [0.4, 0.5) is 0 Å². The van der Waals surface area contributed by atoms with Gasteiger partial charge in [0.2, 0.25) is 0 Å². The maximum Gasteiger partial charge on any atom is 0.110 e. The van der Waals surface area contributed by atoms with E-state index in [2.05, 4.69) is 13.8 Å². The van der Waals surface area contributed by atoms with Crippen molar-refractivity contribution in [2.24, 2.45) is 0 Å². The second kappa shape index (κ2) is 4.28. The van der Waals surface area contributed by atoms with Gasteiger partial charge in [-0.25, -0.2) is 0 Å². The topological polar surface area (TPSA) is 34.3 Å². The van der Waals surface area contributed by atoms with Crippen molar-refractivity contribution < 1.29 is 14.2 Å². The lowest BCUT2D eigenvalue weighted by molar-refractivity contribution is -0.0432. The number of hydrogen-bond donors (Lipinski definition) is 0. The molecule has 3 heteroatoms. The van der Waals surface area contributed by atoms with Gasteiger partial charge in [-0.05, 0) is 25.7 Å². The van der Waals surface area contributed by atoms with Crippen LogP contribution >= 0.6 is 0 Å². The summed E-state index contributed by atoms with van der Waals surface area (Å²) in [6, 6.07) is 0. The Bertz CT molecular complexity index is 232. The van der Waals surface area contributed by atoms with Crippen molar-refractivity contribution in [1.82, 2.24) is 0 Å². The van der Waals surface area contributed by atoms with E-state index in [0.717, 1.165) is 0 Å². The molecule has 0 bridgehead atoms. The van der Waals surface area contributed by atoms with E-state index < -0.39 is 0 Å². The Morgan fingerprint density at radius 2 is 1.31 bits per heavy atom. The number of epoxide rings is 2. The predicted molar refractivity (Wildman–Crippen MR) is 60.4 cm³/mol. The van der Waals surface area contributed by atoms with E-state index in [1.165, 1.54) is 32.1 Å². The Morgan fingerprint density at radius 3 is 1.56 bits per heavy atom. The first-order chi connectivity index (χ1) is 7.83. The fraction of sp³-hybridized carbons (Fsp3) is 1.00. The molecule has 2 heterocycles. The Labute approximate surface area is 97.4 Å². The zero-order valence-electron chi connectivity index (χ0n) is 10.2. The summed E-state index contributed by atoms with van der Waals surface area (Å²) in [7, 11) is 0. The summed E-state index contributed by atoms with van der Waals surface area (Å²) in [6.45, 7) is 4.25. The van der Waals surface area contributed by atoms with Gasteiger partial charge in [-0.3, -0.25) is 0 Å². The lowest BCUT2D eigenvalue weighted by Crippen LogP contribution is -2.26. The van der Waals surface area contributed by atoms with E-state index in [9.17, 15) is 0 Å². The molecule has 4 rings (SSSR count). The first-order valence-corrected chi connectivity index (χ1v) is 6.79. The molecular weight excluding hydrogens is 204 g/mol. The summed E-state index contributed by atoms with van der Waals surface area (Å²) in [5.41, 5.74) is 0. The molecule has 16 heavy (non-hydrogen) atoms. The highest BCUT2D eigenvalue weighted by molar-refractivity contribution is 5.03. The summed E-state index contributed by atoms with van der Waals surface area (Å²) in [6.07, 6.45) is 8.80. The molecule has 3 nitrogen and oxygen atoms in total. The minimum Gasteiger partial charge on any atom is -0.369 e. The van der Waals surface area contributed by atoms with Gasteiger partial charge in [0.25, 0.3) is 0 Å². The highest BCUT2D eigenvalue weighted by Crippen LogP contribution is 2.45. The first-order valence-electron chi connectivity index (χ1n) is 6.79. The minimum atomic E-state index is 0.387. The molecule has 0 aromatic heterocycles. The SMILES string of the molecule is C1CC2OC2C1OC1CCC2OC12.CCC. The van der Waals surface area contributed by atoms with Crippen molar-refractivity contribution in [3.05, 3.63) is 0 Å². The molecule has 0 aromatic rings. The number of hydrogen-bond acceptors (Lipinski definition) is 3. The zero-order chi connectivity index (χ0) is 11.1. The van der Waals surface area contributed by atoms with Crippen molar-refractivity contribution in [2.75, 3.05) is 0 Å². The van der Waals surface area contributed by atoms with Crippen molar-refractivity contribution in [1.29, 1.82) is 0 Å². The highest BCUT2D eigenvalue weighted by atomic mass is 16.7. The van der Waals surface area contributed by atoms with Crippen LogP contribution in [0.2, 0.25) is 0 Å². The summed E-state index contributed by atoms with van der Waals surface area (Å²) >= 11 is 0. The van der Waals surface area contributed by atoms with Gasteiger partial charge in [0.15, 0.2) is 0 Å². The van der Waals surface area contributed by atoms with E-state index in [0.29, 0.717) is 36.6 Å². The van der Waals surface area contributed by atoms with Gasteiger partial charge in [0.05, 0.1) is 24.4 Å². The van der Waals surface area contributed by atoms with Crippen molar-refractivity contribution in [3.8, 4) is 0 Å². The molecule has 0 radical (unpaired) electrons. The van der Waals surface area contributed by atoms with Crippen LogP contribution in [-0.2, 0) is 14.2 Å². The second-order valence-corrected chi connectivity index (χ2v) is 5.35. The smallest absolute Gasteiger partial charge is 0.110 e. The van der Waals surface area contributed by atoms with Crippen molar-refractivity contribution in [2.45, 2.75) is 82.6 Å². The van der Waals surface area contributed by atoms with Gasteiger partial charge in [0.1, 0.15) is 12.2 Å². The molecule has 6 atom stereocenters. The lowest BCUT2D eigenvalue weighted by atomic mass is 10.2. The standard InChI is InChI=1S/C10H14O3.C3H8/c1-3-7-9(12-7)5(1)11-6-2-4-8-10(6)13-8;1-3-2/h5-10H,1-4H2;3H2,1-2H3. The molecule has 4 fully saturated rings. The summed E-state index contributed by atoms with van der Waals surface area (Å²) < 4.78 is 16.9. The summed E-state index contributed by atoms with van der Waals surface area (Å²) in [4.78, 5) is 0. The molecule has 0 amide bonds. The largest absolute Gasteiger partial charge is 0.369 e. The molecule has 2 aliphatic heterocycles. The third-order valence-electron chi connectivity index (χ3n) is 3.80. The molecule has 2 aliphatic carbocycles. The molecule has 2 saturated heterocycles. The number of fused-ring (bicyclic) bond motifs is 2. The van der Waals surface area contributed by atoms with Crippen LogP contribution in [0.15, 0.2) is 0 Å². The Balaban J connectivity index is 0.000000247. The van der Waals surface area contributed by atoms with Crippen molar-refractivity contribution in [3.63, 3.8) is 0 Å². The molecule has 0 spiro atoms. The zero-order valence-corrected chi connectivity index (χ0v) is 10.2. The average molecular weight is 226 g/mol. The third-order valence-corrected chi connectivity index (χ3v) is 3.80. The molecule has 2 saturated carbocycles. The van der Waals surface area contributed by atoms with Gasteiger partial charge in [-0.2, -0.15) is 0 Å². The van der Waals surface area contributed by atoms with Crippen LogP contribution < -0.4 is 0 Å². The number of rotatable bonds is 2. The van der Waals surface area contributed by atoms with E-state index in [4.69, 9.17) is 14.2 Å². The number of ether oxygens (including phenoxy) is 3. The van der Waals surface area contributed by atoms with E-state index >= 15 is 0 Å².